The van der Waals surface area contributed by atoms with Crippen molar-refractivity contribution in [2.45, 2.75) is 4.21 Å². The molecule has 0 amide bonds. The first kappa shape index (κ1) is 17.8. The Morgan fingerprint density at radius 2 is 1.97 bits per heavy atom. The summed E-state index contributed by atoms with van der Waals surface area (Å²) in [5, 5.41) is 3.62. The highest BCUT2D eigenvalue weighted by Gasteiger charge is 2.23. The monoisotopic (exact) mass is 420 g/mol. The number of benzene rings is 1. The van der Waals surface area contributed by atoms with Crippen molar-refractivity contribution >= 4 is 49.0 Å². The number of hydrogen-bond acceptors (Lipinski definition) is 5. The van der Waals surface area contributed by atoms with Gasteiger partial charge in [-0.2, -0.15) is 0 Å². The maximum Gasteiger partial charge on any atom is 0.273 e. The summed E-state index contributed by atoms with van der Waals surface area (Å²) in [5.41, 5.74) is 4.21. The standard InChI is InChI=1S/C21H16N4O2S2/c1-25(29(26,27)19-5-3-11-28-19)15-6-7-18-17(12-15)20-16(8-10-23-21(20)24-18)14-4-2-9-22-13-14/h2-13H,1H3,(H,23,24). The Bertz CT molecular complexity index is 1430. The average Bonchev–Trinajstić information content (AvgIpc) is 3.41. The van der Waals surface area contributed by atoms with E-state index in [2.05, 4.69) is 15.0 Å². The summed E-state index contributed by atoms with van der Waals surface area (Å²) in [6, 6.07) is 14.8. The van der Waals surface area contributed by atoms with E-state index >= 15 is 0 Å². The van der Waals surface area contributed by atoms with Gasteiger partial charge in [-0.25, -0.2) is 13.4 Å². The van der Waals surface area contributed by atoms with Gasteiger partial charge in [0.25, 0.3) is 10.0 Å². The van der Waals surface area contributed by atoms with Crippen molar-refractivity contribution in [3.63, 3.8) is 0 Å². The van der Waals surface area contributed by atoms with Crippen LogP contribution in [0, 0.1) is 0 Å². The number of sulfonamides is 1. The molecule has 1 aromatic carbocycles. The fraction of sp³-hybridized carbons (Fsp3) is 0.0476. The lowest BCUT2D eigenvalue weighted by Gasteiger charge is -2.18. The van der Waals surface area contributed by atoms with Crippen LogP contribution in [-0.2, 0) is 10.0 Å². The lowest BCUT2D eigenvalue weighted by atomic mass is 10.0. The van der Waals surface area contributed by atoms with Gasteiger partial charge >= 0.3 is 0 Å². The minimum absolute atomic E-state index is 0.316. The topological polar surface area (TPSA) is 79.0 Å². The van der Waals surface area contributed by atoms with Crippen molar-refractivity contribution in [2.24, 2.45) is 0 Å². The van der Waals surface area contributed by atoms with E-state index in [1.54, 1.807) is 43.0 Å². The molecule has 144 valence electrons. The Kier molecular flexibility index (Phi) is 4.11. The van der Waals surface area contributed by atoms with E-state index in [4.69, 9.17) is 0 Å². The molecule has 0 aliphatic rings. The van der Waals surface area contributed by atoms with E-state index in [0.29, 0.717) is 9.90 Å². The van der Waals surface area contributed by atoms with Crippen molar-refractivity contribution in [1.29, 1.82) is 0 Å². The highest BCUT2D eigenvalue weighted by molar-refractivity contribution is 7.94. The fourth-order valence-corrected chi connectivity index (χ4v) is 5.80. The Hall–Kier alpha value is -3.23. The quantitative estimate of drug-likeness (QED) is 0.458. The van der Waals surface area contributed by atoms with Crippen LogP contribution in [0.25, 0.3) is 33.1 Å². The number of fused-ring (bicyclic) bond motifs is 3. The number of anilines is 1. The first-order valence-electron chi connectivity index (χ1n) is 8.89. The lowest BCUT2D eigenvalue weighted by Crippen LogP contribution is -2.25. The molecule has 0 radical (unpaired) electrons. The van der Waals surface area contributed by atoms with Gasteiger partial charge in [-0.1, -0.05) is 12.1 Å². The zero-order valence-electron chi connectivity index (χ0n) is 15.4. The van der Waals surface area contributed by atoms with Gasteiger partial charge in [0.2, 0.25) is 0 Å². The molecule has 0 spiro atoms. The smallest absolute Gasteiger partial charge is 0.273 e. The number of hydrogen-bond donors (Lipinski definition) is 1. The molecule has 0 fully saturated rings. The molecule has 0 atom stereocenters. The SMILES string of the molecule is CN(c1ccc2[nH]c3nccc(-c4cccnc4)c3c2c1)S(=O)(=O)c1cccs1. The molecule has 4 heterocycles. The number of rotatable bonds is 4. The Balaban J connectivity index is 1.72. The maximum absolute atomic E-state index is 12.9. The Morgan fingerprint density at radius 3 is 2.72 bits per heavy atom. The minimum atomic E-state index is -3.60. The van der Waals surface area contributed by atoms with Gasteiger partial charge in [0.15, 0.2) is 0 Å². The largest absolute Gasteiger partial charge is 0.339 e. The summed E-state index contributed by atoms with van der Waals surface area (Å²) in [7, 11) is -2.03. The molecule has 5 rings (SSSR count). The second kappa shape index (κ2) is 6.68. The zero-order valence-corrected chi connectivity index (χ0v) is 17.0. The Morgan fingerprint density at radius 1 is 1.07 bits per heavy atom. The summed E-state index contributed by atoms with van der Waals surface area (Å²) >= 11 is 1.21. The van der Waals surface area contributed by atoms with Gasteiger partial charge in [0.05, 0.1) is 5.69 Å². The molecule has 0 unspecified atom stereocenters. The van der Waals surface area contributed by atoms with Crippen LogP contribution in [0.3, 0.4) is 0 Å². The molecule has 0 saturated heterocycles. The molecule has 0 bridgehead atoms. The molecule has 29 heavy (non-hydrogen) atoms. The van der Waals surface area contributed by atoms with Crippen LogP contribution in [0.2, 0.25) is 0 Å². The number of pyridine rings is 2. The van der Waals surface area contributed by atoms with Gasteiger partial charge < -0.3 is 4.98 Å². The van der Waals surface area contributed by atoms with E-state index in [-0.39, 0.29) is 0 Å². The van der Waals surface area contributed by atoms with Crippen LogP contribution in [0.15, 0.2) is 76.7 Å². The minimum Gasteiger partial charge on any atom is -0.339 e. The van der Waals surface area contributed by atoms with Crippen LogP contribution >= 0.6 is 11.3 Å². The first-order chi connectivity index (χ1) is 14.1. The summed E-state index contributed by atoms with van der Waals surface area (Å²) in [5.74, 6) is 0. The van der Waals surface area contributed by atoms with Crippen LogP contribution in [0.1, 0.15) is 0 Å². The number of nitrogens with one attached hydrogen (secondary N) is 1. The van der Waals surface area contributed by atoms with Crippen LogP contribution in [-0.4, -0.2) is 30.4 Å². The number of nitrogens with zero attached hydrogens (tertiary/aromatic N) is 3. The van der Waals surface area contributed by atoms with Crippen LogP contribution in [0.4, 0.5) is 5.69 Å². The van der Waals surface area contributed by atoms with Gasteiger partial charge in [-0.3, -0.25) is 9.29 Å². The summed E-state index contributed by atoms with van der Waals surface area (Å²) in [6.45, 7) is 0. The second-order valence-corrected chi connectivity index (χ2v) is 9.73. The predicted molar refractivity (Wildman–Crippen MR) is 117 cm³/mol. The molecule has 6 nitrogen and oxygen atoms in total. The van der Waals surface area contributed by atoms with Crippen molar-refractivity contribution in [3.05, 3.63) is 72.5 Å². The number of H-pyrrole nitrogens is 1. The van der Waals surface area contributed by atoms with Crippen molar-refractivity contribution in [1.82, 2.24) is 15.0 Å². The molecular formula is C21H16N4O2S2. The number of aromatic amines is 1. The van der Waals surface area contributed by atoms with E-state index in [0.717, 1.165) is 33.1 Å². The lowest BCUT2D eigenvalue weighted by molar-refractivity contribution is 0.596. The first-order valence-corrected chi connectivity index (χ1v) is 11.2. The molecule has 8 heteroatoms. The van der Waals surface area contributed by atoms with E-state index in [9.17, 15) is 8.42 Å². The average molecular weight is 421 g/mol. The summed E-state index contributed by atoms with van der Waals surface area (Å²) < 4.78 is 27.5. The van der Waals surface area contributed by atoms with Crippen molar-refractivity contribution in [3.8, 4) is 11.1 Å². The predicted octanol–water partition coefficient (Wildman–Crippen LogP) is 4.66. The zero-order chi connectivity index (χ0) is 20.0. The van der Waals surface area contributed by atoms with Crippen molar-refractivity contribution < 1.29 is 8.42 Å². The van der Waals surface area contributed by atoms with Gasteiger partial charge in [0, 0.05) is 47.5 Å². The number of aromatic nitrogens is 3. The molecule has 4 aromatic heterocycles. The molecule has 1 N–H and O–H groups in total. The van der Waals surface area contributed by atoms with Crippen molar-refractivity contribution in [2.75, 3.05) is 11.4 Å². The highest BCUT2D eigenvalue weighted by Crippen LogP contribution is 2.36. The van der Waals surface area contributed by atoms with E-state index in [1.807, 2.05) is 36.5 Å². The van der Waals surface area contributed by atoms with Gasteiger partial charge in [-0.15, -0.1) is 11.3 Å². The molecular weight excluding hydrogens is 404 g/mol. The van der Waals surface area contributed by atoms with Crippen LogP contribution in [0.5, 0.6) is 0 Å². The van der Waals surface area contributed by atoms with Crippen LogP contribution < -0.4 is 4.31 Å². The summed E-state index contributed by atoms with van der Waals surface area (Å²) in [6.07, 6.45) is 5.30. The maximum atomic E-state index is 12.9. The third-order valence-electron chi connectivity index (χ3n) is 4.92. The highest BCUT2D eigenvalue weighted by atomic mass is 32.2. The fourth-order valence-electron chi connectivity index (χ4n) is 3.45. The number of thiophene rings is 1. The van der Waals surface area contributed by atoms with E-state index < -0.39 is 10.0 Å². The molecule has 0 aliphatic heterocycles. The normalized spacial score (nSPS) is 11.9. The second-order valence-electron chi connectivity index (χ2n) is 6.58. The molecule has 0 saturated carbocycles. The Labute approximate surface area is 171 Å². The van der Waals surface area contributed by atoms with Gasteiger partial charge in [-0.05, 0) is 47.3 Å². The van der Waals surface area contributed by atoms with Gasteiger partial charge in [0.1, 0.15) is 9.86 Å². The summed E-state index contributed by atoms with van der Waals surface area (Å²) in [4.78, 5) is 12.0. The third-order valence-corrected chi connectivity index (χ3v) is 8.08. The van der Waals surface area contributed by atoms with E-state index in [1.165, 1.54) is 15.6 Å². The third kappa shape index (κ3) is 2.88. The molecule has 5 aromatic rings. The molecule has 0 aliphatic carbocycles.